The van der Waals surface area contributed by atoms with Crippen LogP contribution < -0.4 is 5.32 Å². The van der Waals surface area contributed by atoms with Crippen molar-refractivity contribution in [2.45, 2.75) is 70.9 Å². The number of ether oxygens (including phenoxy) is 3. The monoisotopic (exact) mass is 299 g/mol. The van der Waals surface area contributed by atoms with Gasteiger partial charge in [-0.2, -0.15) is 0 Å². The molecule has 1 N–H and O–H groups in total. The average molecular weight is 299 g/mol. The van der Waals surface area contributed by atoms with E-state index in [2.05, 4.69) is 19.2 Å². The Morgan fingerprint density at radius 2 is 1.86 bits per heavy atom. The summed E-state index contributed by atoms with van der Waals surface area (Å²) >= 11 is 0. The number of nitrogens with one attached hydrogen (secondary N) is 1. The summed E-state index contributed by atoms with van der Waals surface area (Å²) in [5, 5.41) is 2.94. The molecule has 1 spiro atoms. The molecule has 0 radical (unpaired) electrons. The van der Waals surface area contributed by atoms with Crippen molar-refractivity contribution in [1.82, 2.24) is 5.32 Å². The van der Waals surface area contributed by atoms with Crippen LogP contribution in [0.1, 0.15) is 52.9 Å². The molecule has 1 atom stereocenters. The van der Waals surface area contributed by atoms with Crippen molar-refractivity contribution < 1.29 is 19.0 Å². The van der Waals surface area contributed by atoms with Gasteiger partial charge in [0.25, 0.3) is 0 Å². The maximum Gasteiger partial charge on any atom is 0.248 e. The second kappa shape index (κ2) is 7.56. The Kier molecular flexibility index (Phi) is 6.02. The molecule has 1 amide bonds. The van der Waals surface area contributed by atoms with Crippen molar-refractivity contribution in [3.05, 3.63) is 0 Å². The number of amides is 1. The largest absolute Gasteiger partial charge is 0.365 e. The van der Waals surface area contributed by atoms with E-state index in [1.54, 1.807) is 0 Å². The fourth-order valence-corrected chi connectivity index (χ4v) is 2.93. The molecule has 1 heterocycles. The van der Waals surface area contributed by atoms with Gasteiger partial charge in [0, 0.05) is 19.4 Å². The number of hydrogen-bond donors (Lipinski definition) is 1. The van der Waals surface area contributed by atoms with E-state index < -0.39 is 0 Å². The van der Waals surface area contributed by atoms with Crippen LogP contribution in [-0.2, 0) is 19.0 Å². The predicted molar refractivity (Wildman–Crippen MR) is 79.9 cm³/mol. The van der Waals surface area contributed by atoms with Crippen molar-refractivity contribution in [1.29, 1.82) is 0 Å². The van der Waals surface area contributed by atoms with Gasteiger partial charge in [-0.3, -0.25) is 4.79 Å². The van der Waals surface area contributed by atoms with Crippen LogP contribution in [0.4, 0.5) is 0 Å². The quantitative estimate of drug-likeness (QED) is 0.817. The average Bonchev–Trinajstić information content (AvgIpc) is 2.89. The molecule has 1 saturated carbocycles. The second-order valence-electron chi connectivity index (χ2n) is 6.56. The molecule has 21 heavy (non-hydrogen) atoms. The zero-order valence-corrected chi connectivity index (χ0v) is 13.5. The Balaban J connectivity index is 1.66. The van der Waals surface area contributed by atoms with Gasteiger partial charge in [-0.1, -0.05) is 13.8 Å². The molecule has 0 aromatic heterocycles. The van der Waals surface area contributed by atoms with E-state index in [0.29, 0.717) is 19.1 Å². The summed E-state index contributed by atoms with van der Waals surface area (Å²) in [7, 11) is 0. The molecule has 5 heteroatoms. The fraction of sp³-hybridized carbons (Fsp3) is 0.938. The number of hydrogen-bond acceptors (Lipinski definition) is 4. The standard InChI is InChI=1S/C16H29NO4/c1-12(2)6-9-17-15(18)13(3)21-14-4-7-16(8-5-14)19-10-11-20-16/h12-14H,4-11H2,1-3H3,(H,17,18). The first-order valence-corrected chi connectivity index (χ1v) is 8.22. The number of carbonyl (C=O) groups excluding carboxylic acids is 1. The number of carbonyl (C=O) groups is 1. The van der Waals surface area contributed by atoms with Crippen LogP contribution in [0.2, 0.25) is 0 Å². The zero-order chi connectivity index (χ0) is 15.3. The molecule has 1 aliphatic carbocycles. The molecular formula is C16H29NO4. The number of rotatable bonds is 6. The van der Waals surface area contributed by atoms with Crippen LogP contribution in [-0.4, -0.2) is 43.7 Å². The van der Waals surface area contributed by atoms with E-state index in [-0.39, 0.29) is 23.9 Å². The van der Waals surface area contributed by atoms with Crippen LogP contribution in [0, 0.1) is 5.92 Å². The molecule has 2 fully saturated rings. The molecule has 1 unspecified atom stereocenters. The van der Waals surface area contributed by atoms with Crippen molar-refractivity contribution in [2.24, 2.45) is 5.92 Å². The van der Waals surface area contributed by atoms with Gasteiger partial charge in [0.1, 0.15) is 6.10 Å². The Hall–Kier alpha value is -0.650. The Morgan fingerprint density at radius 3 is 2.43 bits per heavy atom. The molecule has 1 saturated heterocycles. The van der Waals surface area contributed by atoms with E-state index in [9.17, 15) is 4.79 Å². The van der Waals surface area contributed by atoms with Crippen molar-refractivity contribution in [3.8, 4) is 0 Å². The summed E-state index contributed by atoms with van der Waals surface area (Å²) < 4.78 is 17.3. The Bertz CT molecular complexity index is 329. The normalized spacial score (nSPS) is 23.6. The summed E-state index contributed by atoms with van der Waals surface area (Å²) in [4.78, 5) is 12.0. The van der Waals surface area contributed by atoms with Gasteiger partial charge in [-0.25, -0.2) is 0 Å². The summed E-state index contributed by atoms with van der Waals surface area (Å²) in [5.41, 5.74) is 0. The zero-order valence-electron chi connectivity index (χ0n) is 13.5. The summed E-state index contributed by atoms with van der Waals surface area (Å²) in [6.45, 7) is 8.24. The van der Waals surface area contributed by atoms with Crippen LogP contribution in [0.5, 0.6) is 0 Å². The fourth-order valence-electron chi connectivity index (χ4n) is 2.93. The van der Waals surface area contributed by atoms with E-state index in [0.717, 1.165) is 38.6 Å². The highest BCUT2D eigenvalue weighted by molar-refractivity contribution is 5.80. The highest BCUT2D eigenvalue weighted by Crippen LogP contribution is 2.36. The van der Waals surface area contributed by atoms with Crippen molar-refractivity contribution in [3.63, 3.8) is 0 Å². The molecular weight excluding hydrogens is 270 g/mol. The van der Waals surface area contributed by atoms with Gasteiger partial charge in [-0.15, -0.1) is 0 Å². The molecule has 2 rings (SSSR count). The third-order valence-electron chi connectivity index (χ3n) is 4.29. The minimum Gasteiger partial charge on any atom is -0.365 e. The topological polar surface area (TPSA) is 56.8 Å². The first-order valence-electron chi connectivity index (χ1n) is 8.22. The first kappa shape index (κ1) is 16.7. The predicted octanol–water partition coefficient (Wildman–Crippen LogP) is 2.24. The molecule has 2 aliphatic rings. The van der Waals surface area contributed by atoms with Crippen molar-refractivity contribution >= 4 is 5.91 Å². The van der Waals surface area contributed by atoms with Gasteiger partial charge in [-0.05, 0) is 32.1 Å². The molecule has 0 aromatic carbocycles. The van der Waals surface area contributed by atoms with Crippen LogP contribution in [0.3, 0.4) is 0 Å². The van der Waals surface area contributed by atoms with Crippen molar-refractivity contribution in [2.75, 3.05) is 19.8 Å². The van der Waals surface area contributed by atoms with E-state index >= 15 is 0 Å². The Labute approximate surface area is 127 Å². The second-order valence-corrected chi connectivity index (χ2v) is 6.56. The van der Waals surface area contributed by atoms with Crippen LogP contribution in [0.15, 0.2) is 0 Å². The summed E-state index contributed by atoms with van der Waals surface area (Å²) in [6, 6.07) is 0. The van der Waals surface area contributed by atoms with Gasteiger partial charge >= 0.3 is 0 Å². The molecule has 0 aromatic rings. The van der Waals surface area contributed by atoms with Gasteiger partial charge in [0.15, 0.2) is 5.79 Å². The SMILES string of the molecule is CC(C)CCNC(=O)C(C)OC1CCC2(CC1)OCCO2. The van der Waals surface area contributed by atoms with Crippen LogP contribution in [0.25, 0.3) is 0 Å². The lowest BCUT2D eigenvalue weighted by Gasteiger charge is -2.36. The smallest absolute Gasteiger partial charge is 0.248 e. The molecule has 0 bridgehead atoms. The maximum atomic E-state index is 12.0. The van der Waals surface area contributed by atoms with E-state index in [1.165, 1.54) is 0 Å². The lowest BCUT2D eigenvalue weighted by Crippen LogP contribution is -2.41. The minimum atomic E-state index is -0.387. The maximum absolute atomic E-state index is 12.0. The van der Waals surface area contributed by atoms with Gasteiger partial charge in [0.05, 0.1) is 19.3 Å². The van der Waals surface area contributed by atoms with Gasteiger partial charge in [0.2, 0.25) is 5.91 Å². The summed E-state index contributed by atoms with van der Waals surface area (Å²) in [5.74, 6) is 0.231. The van der Waals surface area contributed by atoms with Crippen LogP contribution >= 0.6 is 0 Å². The molecule has 1 aliphatic heterocycles. The highest BCUT2D eigenvalue weighted by atomic mass is 16.7. The Morgan fingerprint density at radius 1 is 1.24 bits per heavy atom. The van der Waals surface area contributed by atoms with E-state index in [1.807, 2.05) is 6.92 Å². The third-order valence-corrected chi connectivity index (χ3v) is 4.29. The molecule has 5 nitrogen and oxygen atoms in total. The lowest BCUT2D eigenvalue weighted by atomic mass is 9.91. The van der Waals surface area contributed by atoms with E-state index in [4.69, 9.17) is 14.2 Å². The lowest BCUT2D eigenvalue weighted by molar-refractivity contribution is -0.195. The first-order chi connectivity index (χ1) is 10.0. The minimum absolute atomic E-state index is 0.00990. The summed E-state index contributed by atoms with van der Waals surface area (Å²) in [6.07, 6.45) is 4.25. The third kappa shape index (κ3) is 4.94. The highest BCUT2D eigenvalue weighted by Gasteiger charge is 2.41. The van der Waals surface area contributed by atoms with Gasteiger partial charge < -0.3 is 19.5 Å². The molecule has 122 valence electrons.